The average molecular weight is 239 g/mol. The number of aliphatic hydroxyl groups excluding tert-OH is 1. The Bertz CT molecular complexity index is 378. The summed E-state index contributed by atoms with van der Waals surface area (Å²) in [6.07, 6.45) is 5.22. The van der Waals surface area contributed by atoms with Crippen LogP contribution in [0, 0.1) is 0 Å². The highest BCUT2D eigenvalue weighted by Crippen LogP contribution is 2.15. The molecule has 0 unspecified atom stereocenters. The molecule has 0 radical (unpaired) electrons. The number of thioether (sulfide) groups is 1. The highest BCUT2D eigenvalue weighted by Gasteiger charge is 2.08. The summed E-state index contributed by atoms with van der Waals surface area (Å²) in [5, 5.41) is 10.5. The first kappa shape index (κ1) is 14.7. The molecule has 1 N–H and O–H groups in total. The van der Waals surface area contributed by atoms with Crippen LogP contribution in [0.3, 0.4) is 0 Å². The summed E-state index contributed by atoms with van der Waals surface area (Å²) in [4.78, 5) is 15.1. The molecule has 0 aromatic rings. The molecule has 16 heavy (non-hydrogen) atoms. The summed E-state index contributed by atoms with van der Waals surface area (Å²) in [6.45, 7) is 6.72. The summed E-state index contributed by atoms with van der Waals surface area (Å²) < 4.78 is 0. The van der Waals surface area contributed by atoms with E-state index in [0.717, 1.165) is 10.6 Å². The second-order valence-electron chi connectivity index (χ2n) is 3.04. The number of carbonyl (C=O) groups is 1. The number of allylic oxidation sites excluding steroid dienone is 3. The van der Waals surface area contributed by atoms with Crippen LogP contribution in [-0.4, -0.2) is 29.2 Å². The molecule has 0 spiro atoms. The third kappa shape index (κ3) is 4.06. The second kappa shape index (κ2) is 7.06. The first-order valence-corrected chi connectivity index (χ1v) is 5.98. The van der Waals surface area contributed by atoms with E-state index in [1.54, 1.807) is 7.05 Å². The van der Waals surface area contributed by atoms with Crippen LogP contribution in [-0.2, 0) is 4.79 Å². The van der Waals surface area contributed by atoms with E-state index in [4.69, 9.17) is 0 Å². The molecule has 0 atom stereocenters. The topological polar surface area (TPSA) is 49.7 Å². The number of hydrogen-bond acceptors (Lipinski definition) is 4. The van der Waals surface area contributed by atoms with Gasteiger partial charge in [-0.05, 0) is 26.2 Å². The Hall–Kier alpha value is -1.29. The lowest BCUT2D eigenvalue weighted by Crippen LogP contribution is -2.01. The molecule has 0 fully saturated rings. The van der Waals surface area contributed by atoms with Crippen molar-refractivity contribution < 1.29 is 9.90 Å². The summed E-state index contributed by atoms with van der Waals surface area (Å²) in [6, 6.07) is 0. The monoisotopic (exact) mass is 239 g/mol. The lowest BCUT2D eigenvalue weighted by atomic mass is 10.1. The molecule has 0 saturated heterocycles. The molecule has 3 nitrogen and oxygen atoms in total. The maximum absolute atomic E-state index is 11.0. The van der Waals surface area contributed by atoms with E-state index >= 15 is 0 Å². The van der Waals surface area contributed by atoms with E-state index in [0.29, 0.717) is 0 Å². The van der Waals surface area contributed by atoms with Crippen LogP contribution in [0.25, 0.3) is 0 Å². The minimum absolute atomic E-state index is 0.107. The van der Waals surface area contributed by atoms with Gasteiger partial charge in [0.05, 0.1) is 10.6 Å². The summed E-state index contributed by atoms with van der Waals surface area (Å²) in [7, 11) is 1.68. The van der Waals surface area contributed by atoms with E-state index in [-0.39, 0.29) is 17.1 Å². The minimum atomic E-state index is -0.247. The summed E-state index contributed by atoms with van der Waals surface area (Å²) in [5.41, 5.74) is 0.880. The van der Waals surface area contributed by atoms with Crippen molar-refractivity contribution in [2.45, 2.75) is 13.8 Å². The van der Waals surface area contributed by atoms with Gasteiger partial charge in [0, 0.05) is 12.6 Å². The first-order valence-electron chi connectivity index (χ1n) is 4.76. The molecule has 0 aromatic carbocycles. The zero-order valence-corrected chi connectivity index (χ0v) is 10.9. The SMILES string of the molecule is C=C(C(C)=O)/C(O)=C\C(=C/C)C(=NC)SC. The van der Waals surface area contributed by atoms with Gasteiger partial charge in [-0.2, -0.15) is 0 Å². The molecular formula is C12H17NO2S. The quantitative estimate of drug-likeness (QED) is 0.270. The normalized spacial score (nSPS) is 13.9. The van der Waals surface area contributed by atoms with Gasteiger partial charge in [0.15, 0.2) is 5.78 Å². The second-order valence-corrected chi connectivity index (χ2v) is 3.84. The van der Waals surface area contributed by atoms with Crippen LogP contribution < -0.4 is 0 Å². The molecule has 0 aliphatic carbocycles. The van der Waals surface area contributed by atoms with E-state index in [9.17, 15) is 9.90 Å². The van der Waals surface area contributed by atoms with Crippen molar-refractivity contribution in [3.63, 3.8) is 0 Å². The fourth-order valence-corrected chi connectivity index (χ4v) is 1.62. The summed E-state index contributed by atoms with van der Waals surface area (Å²) in [5.74, 6) is -0.362. The van der Waals surface area contributed by atoms with Gasteiger partial charge in [0.2, 0.25) is 0 Å². The number of carbonyl (C=O) groups excluding carboxylic acids is 1. The maximum atomic E-state index is 11.0. The third-order valence-electron chi connectivity index (χ3n) is 1.98. The minimum Gasteiger partial charge on any atom is -0.507 e. The molecular weight excluding hydrogens is 222 g/mol. The average Bonchev–Trinajstić information content (AvgIpc) is 2.27. The Labute approximate surface area is 101 Å². The van der Waals surface area contributed by atoms with Gasteiger partial charge in [-0.25, -0.2) is 0 Å². The van der Waals surface area contributed by atoms with Gasteiger partial charge in [-0.15, -0.1) is 11.8 Å². The molecule has 0 rings (SSSR count). The molecule has 0 heterocycles. The number of aliphatic hydroxyl groups is 1. The predicted octanol–water partition coefficient (Wildman–Crippen LogP) is 2.91. The van der Waals surface area contributed by atoms with Gasteiger partial charge in [0.25, 0.3) is 0 Å². The molecule has 4 heteroatoms. The highest BCUT2D eigenvalue weighted by molar-refractivity contribution is 8.13. The zero-order chi connectivity index (χ0) is 12.7. The number of Topliss-reactive ketones (excluding diaryl/α,β-unsaturated/α-hetero) is 1. The lowest BCUT2D eigenvalue weighted by molar-refractivity contribution is -0.113. The van der Waals surface area contributed by atoms with E-state index in [2.05, 4.69) is 11.6 Å². The number of ketones is 1. The fraction of sp³-hybridized carbons (Fsp3) is 0.333. The molecule has 0 aromatic heterocycles. The lowest BCUT2D eigenvalue weighted by Gasteiger charge is -2.05. The standard InChI is InChI=1S/C12H17NO2S/c1-6-10(12(13-4)16-5)7-11(15)8(2)9(3)14/h6-7,15H,2H2,1,3-5H3/b10-6+,11-7+,13-12?. The number of nitrogens with zero attached hydrogens (tertiary/aromatic N) is 1. The van der Waals surface area contributed by atoms with Gasteiger partial charge >= 0.3 is 0 Å². The molecule has 0 saturated carbocycles. The van der Waals surface area contributed by atoms with Gasteiger partial charge in [-0.3, -0.25) is 9.79 Å². The number of rotatable bonds is 4. The van der Waals surface area contributed by atoms with E-state index < -0.39 is 0 Å². The van der Waals surface area contributed by atoms with Crippen LogP contribution in [0.2, 0.25) is 0 Å². The van der Waals surface area contributed by atoms with Crippen molar-refractivity contribution in [2.24, 2.45) is 4.99 Å². The molecule has 0 amide bonds. The Balaban J connectivity index is 5.13. The first-order chi connectivity index (χ1) is 7.47. The number of aliphatic imine (C=N–C) groups is 1. The number of hydrogen-bond donors (Lipinski definition) is 1. The van der Waals surface area contributed by atoms with Crippen LogP contribution in [0.5, 0.6) is 0 Å². The summed E-state index contributed by atoms with van der Waals surface area (Å²) >= 11 is 1.48. The van der Waals surface area contributed by atoms with Crippen molar-refractivity contribution in [1.82, 2.24) is 0 Å². The zero-order valence-electron chi connectivity index (χ0n) is 10.1. The van der Waals surface area contributed by atoms with Crippen LogP contribution in [0.1, 0.15) is 13.8 Å². The molecule has 88 valence electrons. The fourth-order valence-electron chi connectivity index (χ4n) is 1.02. The molecule has 0 aliphatic rings. The van der Waals surface area contributed by atoms with Gasteiger partial charge in [0.1, 0.15) is 5.76 Å². The van der Waals surface area contributed by atoms with Crippen LogP contribution in [0.15, 0.2) is 40.6 Å². The van der Waals surface area contributed by atoms with E-state index in [1.807, 2.05) is 19.3 Å². The molecule has 0 aliphatic heterocycles. The van der Waals surface area contributed by atoms with Crippen molar-refractivity contribution in [3.8, 4) is 0 Å². The maximum Gasteiger partial charge on any atom is 0.162 e. The van der Waals surface area contributed by atoms with Crippen molar-refractivity contribution in [3.05, 3.63) is 35.6 Å². The van der Waals surface area contributed by atoms with Crippen molar-refractivity contribution in [2.75, 3.05) is 13.3 Å². The predicted molar refractivity (Wildman–Crippen MR) is 71.2 cm³/mol. The van der Waals surface area contributed by atoms with Crippen LogP contribution in [0.4, 0.5) is 0 Å². The Kier molecular flexibility index (Phi) is 6.49. The Morgan fingerprint density at radius 2 is 2.06 bits per heavy atom. The largest absolute Gasteiger partial charge is 0.507 e. The molecule has 0 bridgehead atoms. The van der Waals surface area contributed by atoms with Crippen molar-refractivity contribution >= 4 is 22.6 Å². The third-order valence-corrected chi connectivity index (χ3v) is 2.79. The van der Waals surface area contributed by atoms with Crippen molar-refractivity contribution in [1.29, 1.82) is 0 Å². The van der Waals surface area contributed by atoms with Gasteiger partial charge < -0.3 is 5.11 Å². The highest BCUT2D eigenvalue weighted by atomic mass is 32.2. The van der Waals surface area contributed by atoms with E-state index in [1.165, 1.54) is 24.8 Å². The van der Waals surface area contributed by atoms with Gasteiger partial charge in [-0.1, -0.05) is 12.7 Å². The Morgan fingerprint density at radius 3 is 2.38 bits per heavy atom. The Morgan fingerprint density at radius 1 is 1.50 bits per heavy atom. The smallest absolute Gasteiger partial charge is 0.162 e. The van der Waals surface area contributed by atoms with Crippen LogP contribution >= 0.6 is 11.8 Å².